The second-order valence-electron chi connectivity index (χ2n) is 11.1. The van der Waals surface area contributed by atoms with Crippen LogP contribution in [0.4, 0.5) is 5.69 Å². The Labute approximate surface area is 238 Å². The molecule has 6 rings (SSSR count). The normalized spacial score (nSPS) is 25.4. The minimum Gasteiger partial charge on any atom is -0.490 e. The molecule has 2 aromatic rings. The summed E-state index contributed by atoms with van der Waals surface area (Å²) in [4.78, 5) is 19.7. The highest BCUT2D eigenvalue weighted by atomic mass is 35.5. The molecule has 0 radical (unpaired) electrons. The number of carbonyl (C=O) groups excluding carboxylic acids is 1. The van der Waals surface area contributed by atoms with E-state index in [1.165, 1.54) is 24.0 Å². The number of fused-ring (bicyclic) bond motifs is 4. The molecule has 2 fully saturated rings. The topological polar surface area (TPSA) is 68.3 Å². The molecule has 7 nitrogen and oxygen atoms in total. The number of β-amino-alcohol motifs (C(OH)–C–C–N with tert-alkyl or cyclic N) is 1. The fourth-order valence-corrected chi connectivity index (χ4v) is 6.53. The Morgan fingerprint density at radius 1 is 1.00 bits per heavy atom. The smallest absolute Gasteiger partial charge is 0.256 e. The van der Waals surface area contributed by atoms with Crippen molar-refractivity contribution in [1.82, 2.24) is 15.1 Å². The first-order valence-electron chi connectivity index (χ1n) is 13.6. The van der Waals surface area contributed by atoms with E-state index < -0.39 is 6.10 Å². The van der Waals surface area contributed by atoms with Gasteiger partial charge < -0.3 is 25.0 Å². The monoisotopic (exact) mass is 562 g/mol. The number of aliphatic hydroxyl groups excluding tert-OH is 1. The lowest BCUT2D eigenvalue weighted by molar-refractivity contribution is 0.0521. The summed E-state index contributed by atoms with van der Waals surface area (Å²) in [5.74, 6) is 0.836. The number of ether oxygens (including phenoxy) is 1. The van der Waals surface area contributed by atoms with Crippen LogP contribution in [0.2, 0.25) is 0 Å². The zero-order valence-electron chi connectivity index (χ0n) is 22.1. The second kappa shape index (κ2) is 12.4. The van der Waals surface area contributed by atoms with Gasteiger partial charge in [-0.15, -0.1) is 24.8 Å². The zero-order chi connectivity index (χ0) is 24.6. The van der Waals surface area contributed by atoms with Gasteiger partial charge in [-0.05, 0) is 55.4 Å². The quantitative estimate of drug-likeness (QED) is 0.561. The molecule has 2 unspecified atom stereocenters. The summed E-state index contributed by atoms with van der Waals surface area (Å²) in [6.45, 7) is 4.04. The van der Waals surface area contributed by atoms with Crippen LogP contribution in [0.5, 0.6) is 5.75 Å². The van der Waals surface area contributed by atoms with E-state index in [-0.39, 0.29) is 36.8 Å². The molecular weight excluding hydrogens is 523 g/mol. The molecule has 0 saturated carbocycles. The van der Waals surface area contributed by atoms with Gasteiger partial charge in [-0.2, -0.15) is 0 Å². The Bertz CT molecular complexity index is 1110. The molecule has 2 bridgehead atoms. The molecule has 4 aliphatic rings. The van der Waals surface area contributed by atoms with Crippen LogP contribution in [0, 0.1) is 0 Å². The van der Waals surface area contributed by atoms with Crippen molar-refractivity contribution in [2.24, 2.45) is 0 Å². The molecule has 208 valence electrons. The summed E-state index contributed by atoms with van der Waals surface area (Å²) in [5, 5.41) is 14.6. The van der Waals surface area contributed by atoms with Gasteiger partial charge in [0.1, 0.15) is 11.9 Å². The van der Waals surface area contributed by atoms with E-state index in [4.69, 9.17) is 4.74 Å². The van der Waals surface area contributed by atoms with Gasteiger partial charge in [0, 0.05) is 64.5 Å². The van der Waals surface area contributed by atoms with Gasteiger partial charge >= 0.3 is 0 Å². The lowest BCUT2D eigenvalue weighted by Gasteiger charge is -2.32. The van der Waals surface area contributed by atoms with Crippen LogP contribution in [0.25, 0.3) is 0 Å². The van der Waals surface area contributed by atoms with Gasteiger partial charge in [-0.25, -0.2) is 0 Å². The van der Waals surface area contributed by atoms with Crippen molar-refractivity contribution in [3.63, 3.8) is 0 Å². The van der Waals surface area contributed by atoms with Crippen LogP contribution >= 0.6 is 24.8 Å². The average Bonchev–Trinajstić information content (AvgIpc) is 3.18. The van der Waals surface area contributed by atoms with E-state index >= 15 is 0 Å². The van der Waals surface area contributed by atoms with Gasteiger partial charge in [0.15, 0.2) is 0 Å². The van der Waals surface area contributed by atoms with Crippen molar-refractivity contribution < 1.29 is 14.6 Å². The lowest BCUT2D eigenvalue weighted by atomic mass is 10.00. The Morgan fingerprint density at radius 2 is 1.74 bits per heavy atom. The first-order valence-corrected chi connectivity index (χ1v) is 13.6. The van der Waals surface area contributed by atoms with E-state index in [0.29, 0.717) is 37.3 Å². The van der Waals surface area contributed by atoms with Crippen LogP contribution in [0.3, 0.4) is 0 Å². The molecule has 2 saturated heterocycles. The molecule has 4 heterocycles. The number of hydrogen-bond acceptors (Lipinski definition) is 6. The largest absolute Gasteiger partial charge is 0.490 e. The van der Waals surface area contributed by atoms with E-state index in [9.17, 15) is 9.90 Å². The molecule has 1 amide bonds. The van der Waals surface area contributed by atoms with Crippen molar-refractivity contribution in [1.29, 1.82) is 0 Å². The Hall–Kier alpha value is -2.03. The predicted molar refractivity (Wildman–Crippen MR) is 155 cm³/mol. The third kappa shape index (κ3) is 6.23. The number of likely N-dealkylation sites (N-methyl/N-ethyl adjacent to an activating group) is 1. The fraction of sp³-hybridized carbons (Fsp3) is 0.552. The SMILES string of the molecule is CN1CCN(C[C@H](O)CN2CCc3ccccc3C2)C(=O)c2ccc(OC3CC4CCC(C3)N4)cc21.Cl.Cl. The molecular formula is C29H40Cl2N4O3. The molecule has 2 aromatic carbocycles. The highest BCUT2D eigenvalue weighted by Crippen LogP contribution is 2.33. The summed E-state index contributed by atoms with van der Waals surface area (Å²) in [6, 6.07) is 15.6. The van der Waals surface area contributed by atoms with E-state index in [2.05, 4.69) is 39.4 Å². The van der Waals surface area contributed by atoms with Crippen LogP contribution < -0.4 is 15.0 Å². The number of benzene rings is 2. The van der Waals surface area contributed by atoms with Gasteiger partial charge in [0.25, 0.3) is 5.91 Å². The second-order valence-corrected chi connectivity index (χ2v) is 11.1. The van der Waals surface area contributed by atoms with Gasteiger partial charge in [0.05, 0.1) is 17.4 Å². The Morgan fingerprint density at radius 3 is 2.50 bits per heavy atom. The van der Waals surface area contributed by atoms with Gasteiger partial charge in [0.2, 0.25) is 0 Å². The van der Waals surface area contributed by atoms with Crippen LogP contribution in [0.15, 0.2) is 42.5 Å². The first kappa shape index (κ1) is 29.0. The van der Waals surface area contributed by atoms with Crippen LogP contribution in [0.1, 0.15) is 47.2 Å². The summed E-state index contributed by atoms with van der Waals surface area (Å²) in [5.41, 5.74) is 4.35. The van der Waals surface area contributed by atoms with Crippen molar-refractivity contribution in [2.75, 3.05) is 44.7 Å². The fourth-order valence-electron chi connectivity index (χ4n) is 6.53. The van der Waals surface area contributed by atoms with E-state index in [1.807, 2.05) is 30.1 Å². The Balaban J connectivity index is 0.00000168. The third-order valence-electron chi connectivity index (χ3n) is 8.45. The minimum absolute atomic E-state index is 0. The molecule has 3 atom stereocenters. The third-order valence-corrected chi connectivity index (χ3v) is 8.45. The molecule has 2 N–H and O–H groups in total. The maximum atomic E-state index is 13.5. The highest BCUT2D eigenvalue weighted by Gasteiger charge is 2.35. The maximum absolute atomic E-state index is 13.5. The summed E-state index contributed by atoms with van der Waals surface area (Å²) >= 11 is 0. The summed E-state index contributed by atoms with van der Waals surface area (Å²) in [6.07, 6.45) is 5.27. The number of carbonyl (C=O) groups is 1. The number of anilines is 1. The van der Waals surface area contributed by atoms with E-state index in [1.54, 1.807) is 0 Å². The minimum atomic E-state index is -0.580. The standard InChI is InChI=1S/C29H38N4O3.2ClH/c1-31-12-13-33(19-24(34)18-32-11-10-20-4-2-3-5-21(20)17-32)29(35)27-9-8-25(16-28(27)31)36-26-14-22-6-7-23(15-26)30-22;;/h2-5,8-9,16,22-24,26,30,34H,6-7,10-15,17-19H2,1H3;2*1H/t22?,23?,24-,26?;;/m1../s1. The molecule has 0 spiro atoms. The van der Waals surface area contributed by atoms with Crippen molar-refractivity contribution in [3.8, 4) is 5.75 Å². The lowest BCUT2D eigenvalue weighted by Crippen LogP contribution is -2.44. The Kier molecular flexibility index (Phi) is 9.48. The molecule has 38 heavy (non-hydrogen) atoms. The number of aliphatic hydroxyl groups is 1. The zero-order valence-corrected chi connectivity index (χ0v) is 23.7. The number of halogens is 2. The van der Waals surface area contributed by atoms with Crippen molar-refractivity contribution >= 4 is 36.4 Å². The highest BCUT2D eigenvalue weighted by molar-refractivity contribution is 6.00. The van der Waals surface area contributed by atoms with Crippen molar-refractivity contribution in [2.45, 2.75) is 62.9 Å². The molecule has 0 aliphatic carbocycles. The van der Waals surface area contributed by atoms with Crippen LogP contribution in [-0.2, 0) is 13.0 Å². The van der Waals surface area contributed by atoms with Gasteiger partial charge in [-0.1, -0.05) is 24.3 Å². The first-order chi connectivity index (χ1) is 17.5. The number of rotatable bonds is 6. The number of amides is 1. The number of piperidine rings is 1. The summed E-state index contributed by atoms with van der Waals surface area (Å²) in [7, 11) is 2.03. The van der Waals surface area contributed by atoms with E-state index in [0.717, 1.165) is 50.3 Å². The maximum Gasteiger partial charge on any atom is 0.256 e. The predicted octanol–water partition coefficient (Wildman–Crippen LogP) is 3.50. The van der Waals surface area contributed by atoms with Crippen molar-refractivity contribution in [3.05, 3.63) is 59.2 Å². The summed E-state index contributed by atoms with van der Waals surface area (Å²) < 4.78 is 6.39. The average molecular weight is 564 g/mol. The number of nitrogens with zero attached hydrogens (tertiary/aromatic N) is 3. The molecule has 9 heteroatoms. The number of hydrogen-bond donors (Lipinski definition) is 2. The number of nitrogens with one attached hydrogen (secondary N) is 1. The molecule has 4 aliphatic heterocycles. The van der Waals surface area contributed by atoms with Gasteiger partial charge in [-0.3, -0.25) is 9.69 Å². The molecule has 0 aromatic heterocycles. The van der Waals surface area contributed by atoms with Crippen LogP contribution in [-0.4, -0.2) is 84.9 Å².